The van der Waals surface area contributed by atoms with Crippen molar-refractivity contribution in [2.75, 3.05) is 13.2 Å². The molecule has 0 aromatic heterocycles. The Morgan fingerprint density at radius 2 is 1.06 bits per heavy atom. The molecule has 0 radical (unpaired) electrons. The Kier molecular flexibility index (Phi) is 25.6. The number of Topliss-reactive ketones (excluding diaryl/α,β-unsaturated/α-hetero) is 2. The van der Waals surface area contributed by atoms with Crippen LogP contribution in [-0.2, 0) is 51.1 Å². The summed E-state index contributed by atoms with van der Waals surface area (Å²) in [5.41, 5.74) is 6.50. The molecule has 0 amide bonds. The fraction of sp³-hybridized carbons (Fsp3) is 0.385. The monoisotopic (exact) mass is 844 g/mol. The van der Waals surface area contributed by atoms with Crippen LogP contribution < -0.4 is 0 Å². The molecule has 10 heteroatoms. The molecule has 2 atom stereocenters. The minimum Gasteiger partial charge on any atom is -0.465 e. The fourth-order valence-corrected chi connectivity index (χ4v) is 7.35. The van der Waals surface area contributed by atoms with Crippen molar-refractivity contribution in [2.45, 2.75) is 104 Å². The van der Waals surface area contributed by atoms with Crippen LogP contribution in [0.15, 0.2) is 115 Å². The zero-order valence-electron chi connectivity index (χ0n) is 36.5. The van der Waals surface area contributed by atoms with Crippen molar-refractivity contribution < 1.29 is 47.8 Å². The molecule has 4 aromatic carbocycles. The standard InChI is InChI=1S/C26H30O5.C17H14O.C7H16.2CO2/c1-3-16-30-25(28)23(26(29)31-17-4-2)22(19-11-6-5-7-12-19)21-15-14-18-10-8-9-13-20(18)24(21)27;18-17-15(12-13-6-2-1-3-7-13)11-10-14-8-4-5-9-16(14)17;1-3-5-7-6-4-2;2*2-1-3/h5-13,21-23H,3-4,14-17H2,1-2H3;1-9,12H,10-11H2;3-7H2,1-2H3;;/b;15-12+;;;. The molecule has 328 valence electrons. The number of carbonyl (C=O) groups is 4. The Labute approximate surface area is 366 Å². The largest absolute Gasteiger partial charge is 0.465 e. The number of ketones is 2. The molecule has 0 saturated carbocycles. The number of hydrogen-bond donors (Lipinski definition) is 0. The third-order valence-corrected chi connectivity index (χ3v) is 10.3. The van der Waals surface area contributed by atoms with E-state index in [9.17, 15) is 19.2 Å². The van der Waals surface area contributed by atoms with Crippen LogP contribution in [0.3, 0.4) is 0 Å². The number of hydrogen-bond acceptors (Lipinski definition) is 10. The molecule has 0 saturated heterocycles. The molecule has 62 heavy (non-hydrogen) atoms. The topological polar surface area (TPSA) is 155 Å². The quantitative estimate of drug-likeness (QED) is 0.0518. The molecule has 0 fully saturated rings. The highest BCUT2D eigenvalue weighted by Gasteiger charge is 2.46. The van der Waals surface area contributed by atoms with E-state index in [4.69, 9.17) is 28.7 Å². The van der Waals surface area contributed by atoms with Gasteiger partial charge >= 0.3 is 24.2 Å². The van der Waals surface area contributed by atoms with Gasteiger partial charge in [-0.2, -0.15) is 19.2 Å². The van der Waals surface area contributed by atoms with Crippen LogP contribution in [0, 0.1) is 11.8 Å². The third-order valence-electron chi connectivity index (χ3n) is 10.3. The van der Waals surface area contributed by atoms with E-state index < -0.39 is 29.7 Å². The van der Waals surface area contributed by atoms with Crippen LogP contribution in [0.1, 0.15) is 134 Å². The molecule has 10 nitrogen and oxygen atoms in total. The first kappa shape index (κ1) is 51.8. The van der Waals surface area contributed by atoms with Gasteiger partial charge in [-0.3, -0.25) is 19.2 Å². The van der Waals surface area contributed by atoms with Gasteiger partial charge < -0.3 is 9.47 Å². The van der Waals surface area contributed by atoms with Crippen molar-refractivity contribution in [3.63, 3.8) is 0 Å². The maximum atomic E-state index is 13.5. The maximum absolute atomic E-state index is 13.5. The van der Waals surface area contributed by atoms with Crippen LogP contribution in [0.4, 0.5) is 0 Å². The number of benzene rings is 4. The summed E-state index contributed by atoms with van der Waals surface area (Å²) < 4.78 is 10.8. The van der Waals surface area contributed by atoms with Crippen molar-refractivity contribution in [3.8, 4) is 0 Å². The highest BCUT2D eigenvalue weighted by molar-refractivity contribution is 6.13. The van der Waals surface area contributed by atoms with Gasteiger partial charge in [0.05, 0.1) is 13.2 Å². The Morgan fingerprint density at radius 3 is 1.58 bits per heavy atom. The van der Waals surface area contributed by atoms with E-state index >= 15 is 0 Å². The molecule has 0 bridgehead atoms. The van der Waals surface area contributed by atoms with Crippen molar-refractivity contribution in [3.05, 3.63) is 148 Å². The summed E-state index contributed by atoms with van der Waals surface area (Å²) in [5, 5.41) is 0. The fourth-order valence-electron chi connectivity index (χ4n) is 7.35. The summed E-state index contributed by atoms with van der Waals surface area (Å²) in [7, 11) is 0. The first-order valence-electron chi connectivity index (χ1n) is 21.5. The van der Waals surface area contributed by atoms with Gasteiger partial charge in [0, 0.05) is 28.5 Å². The number of carbonyl (C=O) groups excluding carboxylic acids is 8. The van der Waals surface area contributed by atoms with E-state index in [-0.39, 0.29) is 37.1 Å². The van der Waals surface area contributed by atoms with E-state index in [1.807, 2.05) is 129 Å². The van der Waals surface area contributed by atoms with Crippen molar-refractivity contribution >= 4 is 41.9 Å². The van der Waals surface area contributed by atoms with Crippen molar-refractivity contribution in [1.29, 1.82) is 0 Å². The third kappa shape index (κ3) is 17.0. The number of rotatable bonds is 14. The molecule has 0 N–H and O–H groups in total. The Hall–Kier alpha value is -6.34. The van der Waals surface area contributed by atoms with Gasteiger partial charge in [-0.15, -0.1) is 0 Å². The van der Waals surface area contributed by atoms with Gasteiger partial charge in [0.15, 0.2) is 17.5 Å². The van der Waals surface area contributed by atoms with E-state index in [2.05, 4.69) is 13.8 Å². The predicted octanol–water partition coefficient (Wildman–Crippen LogP) is 10.4. The minimum absolute atomic E-state index is 0.0349. The Bertz CT molecular complexity index is 2020. The van der Waals surface area contributed by atoms with E-state index in [1.165, 1.54) is 37.7 Å². The van der Waals surface area contributed by atoms with Crippen LogP contribution >= 0.6 is 0 Å². The zero-order valence-corrected chi connectivity index (χ0v) is 36.5. The normalized spacial score (nSPS) is 14.4. The smallest absolute Gasteiger partial charge is 0.373 e. The lowest BCUT2D eigenvalue weighted by Crippen LogP contribution is -2.40. The van der Waals surface area contributed by atoms with Crippen LogP contribution in [0.5, 0.6) is 0 Å². The number of fused-ring (bicyclic) bond motifs is 2. The Morgan fingerprint density at radius 1 is 0.597 bits per heavy atom. The zero-order chi connectivity index (χ0) is 45.5. The van der Waals surface area contributed by atoms with Crippen molar-refractivity contribution in [2.24, 2.45) is 11.8 Å². The van der Waals surface area contributed by atoms with E-state index in [1.54, 1.807) is 0 Å². The van der Waals surface area contributed by atoms with Gasteiger partial charge in [-0.05, 0) is 66.9 Å². The first-order valence-corrected chi connectivity index (χ1v) is 21.5. The van der Waals surface area contributed by atoms with Gasteiger partial charge in [-0.25, -0.2) is 0 Å². The Balaban J connectivity index is 0.000000356. The summed E-state index contributed by atoms with van der Waals surface area (Å²) in [6.45, 7) is 8.73. The van der Waals surface area contributed by atoms with Crippen LogP contribution in [0.25, 0.3) is 6.08 Å². The lowest BCUT2D eigenvalue weighted by atomic mass is 9.68. The van der Waals surface area contributed by atoms with Gasteiger partial charge in [-0.1, -0.05) is 169 Å². The molecular weight excluding hydrogens is 785 g/mol. The molecule has 0 heterocycles. The summed E-state index contributed by atoms with van der Waals surface area (Å²) in [5.74, 6) is -3.43. The molecule has 6 rings (SSSR count). The molecule has 2 aliphatic carbocycles. The molecule has 0 spiro atoms. The van der Waals surface area contributed by atoms with Crippen LogP contribution in [-0.4, -0.2) is 49.0 Å². The lowest BCUT2D eigenvalue weighted by molar-refractivity contribution is -0.193. The highest BCUT2D eigenvalue weighted by atomic mass is 16.6. The highest BCUT2D eigenvalue weighted by Crippen LogP contribution is 2.41. The van der Waals surface area contributed by atoms with Gasteiger partial charge in [0.2, 0.25) is 0 Å². The van der Waals surface area contributed by atoms with Crippen LogP contribution in [0.2, 0.25) is 0 Å². The summed E-state index contributed by atoms with van der Waals surface area (Å²) >= 11 is 0. The second-order valence-corrected chi connectivity index (χ2v) is 14.7. The first-order chi connectivity index (χ1) is 30.2. The summed E-state index contributed by atoms with van der Waals surface area (Å²) in [4.78, 5) is 84.5. The maximum Gasteiger partial charge on any atom is 0.373 e. The van der Waals surface area contributed by atoms with E-state index in [0.29, 0.717) is 24.8 Å². The predicted molar refractivity (Wildman–Crippen MR) is 236 cm³/mol. The van der Waals surface area contributed by atoms with Gasteiger partial charge in [0.25, 0.3) is 0 Å². The summed E-state index contributed by atoms with van der Waals surface area (Å²) in [6.07, 6.45) is 13.9. The SMILES string of the molecule is CCCCCCC.CCCOC(=O)C(C(=O)OCCC)C(c1ccccc1)C1CCc2ccccc2C1=O.O=C1/C(=C/c2ccccc2)CCc2ccccc21.O=C=O.O=C=O. The molecule has 0 aliphatic heterocycles. The second-order valence-electron chi connectivity index (χ2n) is 14.7. The number of aryl methyl sites for hydroxylation is 2. The molecule has 4 aromatic rings. The average molecular weight is 845 g/mol. The number of unbranched alkanes of at least 4 members (excludes halogenated alkanes) is 4. The van der Waals surface area contributed by atoms with Crippen molar-refractivity contribution in [1.82, 2.24) is 0 Å². The minimum atomic E-state index is -1.18. The molecule has 2 aliphatic rings. The molecular formula is C52H60O10. The second kappa shape index (κ2) is 30.6. The number of esters is 2. The van der Waals surface area contributed by atoms with Gasteiger partial charge in [0.1, 0.15) is 0 Å². The molecule has 2 unspecified atom stereocenters. The lowest BCUT2D eigenvalue weighted by Gasteiger charge is -2.34. The summed E-state index contributed by atoms with van der Waals surface area (Å²) in [6, 6.07) is 34.8. The average Bonchev–Trinajstić information content (AvgIpc) is 3.30. The number of allylic oxidation sites excluding steroid dienone is 1. The van der Waals surface area contributed by atoms with E-state index in [0.717, 1.165) is 47.1 Å². The number of ether oxygens (including phenoxy) is 2.